The molecule has 0 saturated heterocycles. The molecule has 0 aromatic heterocycles. The van der Waals surface area contributed by atoms with Crippen LogP contribution in [-0.4, -0.2) is 36.2 Å². The molecule has 0 spiro atoms. The fourth-order valence-electron chi connectivity index (χ4n) is 4.71. The Morgan fingerprint density at radius 1 is 0.706 bits per heavy atom. The van der Waals surface area contributed by atoms with Gasteiger partial charge in [0.1, 0.15) is 0 Å². The molecule has 34 heavy (non-hydrogen) atoms. The van der Waals surface area contributed by atoms with Gasteiger partial charge in [-0.05, 0) is 0 Å². The molecule has 1 atom stereocenters. The number of nitrogens with zero attached hydrogens (tertiary/aromatic N) is 1. The van der Waals surface area contributed by atoms with Gasteiger partial charge in [-0.1, -0.05) is 0 Å². The van der Waals surface area contributed by atoms with Gasteiger partial charge in [-0.2, -0.15) is 0 Å². The molecule has 3 rings (SSSR count). The van der Waals surface area contributed by atoms with Crippen LogP contribution in [-0.2, 0) is 0 Å². The molecule has 0 aliphatic rings. The summed E-state index contributed by atoms with van der Waals surface area (Å²) in [4.78, 5) is 1.74. The predicted molar refractivity (Wildman–Crippen MR) is 150 cm³/mol. The second-order valence-corrected chi connectivity index (χ2v) is 14.3. The monoisotopic (exact) mass is 479 g/mol. The Bertz CT molecular complexity index is 926. The average molecular weight is 480 g/mol. The third-order valence-corrected chi connectivity index (χ3v) is 13.0. The van der Waals surface area contributed by atoms with Gasteiger partial charge in [0.15, 0.2) is 0 Å². The third kappa shape index (κ3) is 5.41. The van der Waals surface area contributed by atoms with E-state index >= 15 is 0 Å². The van der Waals surface area contributed by atoms with Crippen LogP contribution in [0.1, 0.15) is 27.7 Å². The molecular weight excluding hydrogens is 437 g/mol. The molecule has 0 aliphatic heterocycles. The fraction of sp³-hybridized carbons (Fsp3) is 0.357. The Kier molecular flexibility index (Phi) is 8.30. The summed E-state index contributed by atoms with van der Waals surface area (Å²) in [7, 11) is -0.577. The second-order valence-electron chi connectivity index (χ2n) is 10.4. The van der Waals surface area contributed by atoms with Crippen molar-refractivity contribution in [2.24, 2.45) is 22.6 Å². The van der Waals surface area contributed by atoms with E-state index in [2.05, 4.69) is 124 Å². The Hall–Kier alpha value is -2.11. The van der Waals surface area contributed by atoms with Crippen molar-refractivity contribution in [1.29, 1.82) is 0 Å². The first-order valence-electron chi connectivity index (χ1n) is 11.9. The summed E-state index contributed by atoms with van der Waals surface area (Å²) in [5, 5.41) is 7.83. The van der Waals surface area contributed by atoms with E-state index in [1.165, 1.54) is 15.9 Å². The van der Waals surface area contributed by atoms with Gasteiger partial charge >= 0.3 is 206 Å². The standard InChI is InChI=1S/C28H42N5P/c1-27(2,28(3,4)32-26(31)33(5)25(29)30)21-34(22-15-9-6-10-16-22,23-17-11-7-12-18-23)24-19-13-8-14-20-24/h6-20,25-26,32,34H,21,29-31H2,1-5H3. The molecule has 184 valence electrons. The minimum absolute atomic E-state index is 0.141. The first-order chi connectivity index (χ1) is 16.0. The van der Waals surface area contributed by atoms with E-state index in [0.717, 1.165) is 6.16 Å². The van der Waals surface area contributed by atoms with Crippen molar-refractivity contribution >= 4 is 23.2 Å². The van der Waals surface area contributed by atoms with Crippen LogP contribution in [0.4, 0.5) is 0 Å². The zero-order valence-corrected chi connectivity index (χ0v) is 22.2. The van der Waals surface area contributed by atoms with Gasteiger partial charge in [-0.25, -0.2) is 0 Å². The summed E-state index contributed by atoms with van der Waals surface area (Å²) < 4.78 is 0. The second kappa shape index (κ2) is 10.7. The van der Waals surface area contributed by atoms with Crippen LogP contribution in [0.2, 0.25) is 0 Å². The molecule has 0 radical (unpaired) electrons. The Labute approximate surface area is 206 Å². The van der Waals surface area contributed by atoms with E-state index in [0.29, 0.717) is 0 Å². The minimum atomic E-state index is -2.41. The van der Waals surface area contributed by atoms with Crippen LogP contribution in [0.3, 0.4) is 0 Å². The summed E-state index contributed by atoms with van der Waals surface area (Å²) in [6.07, 6.45) is -0.105. The first kappa shape index (κ1) is 26.5. The topological polar surface area (TPSA) is 93.3 Å². The number of nitrogens with one attached hydrogen (secondary N) is 1. The third-order valence-electron chi connectivity index (χ3n) is 7.62. The molecule has 1 unspecified atom stereocenters. The molecule has 0 bridgehead atoms. The van der Waals surface area contributed by atoms with Crippen molar-refractivity contribution in [3.63, 3.8) is 0 Å². The molecule has 0 saturated carbocycles. The van der Waals surface area contributed by atoms with E-state index in [1.54, 1.807) is 4.90 Å². The van der Waals surface area contributed by atoms with Crippen LogP contribution in [0.25, 0.3) is 0 Å². The molecule has 0 aliphatic carbocycles. The van der Waals surface area contributed by atoms with Crippen LogP contribution in [0.5, 0.6) is 0 Å². The van der Waals surface area contributed by atoms with Crippen molar-refractivity contribution in [2.45, 2.75) is 45.8 Å². The fourth-order valence-corrected chi connectivity index (χ4v) is 10.4. The Morgan fingerprint density at radius 2 is 1.06 bits per heavy atom. The van der Waals surface area contributed by atoms with Crippen molar-refractivity contribution < 1.29 is 0 Å². The van der Waals surface area contributed by atoms with Gasteiger partial charge in [0.25, 0.3) is 0 Å². The van der Waals surface area contributed by atoms with Gasteiger partial charge in [0, 0.05) is 0 Å². The molecule has 3 aromatic rings. The number of hydrogen-bond acceptors (Lipinski definition) is 5. The molecule has 0 fully saturated rings. The Balaban J connectivity index is 2.16. The van der Waals surface area contributed by atoms with E-state index in [4.69, 9.17) is 17.2 Å². The van der Waals surface area contributed by atoms with Crippen LogP contribution < -0.4 is 38.4 Å². The molecule has 0 heterocycles. The van der Waals surface area contributed by atoms with Crippen molar-refractivity contribution in [3.8, 4) is 0 Å². The summed E-state index contributed by atoms with van der Waals surface area (Å²) in [5.74, 6) is 0. The molecular formula is C28H42N5P. The first-order valence-corrected chi connectivity index (χ1v) is 14.1. The maximum absolute atomic E-state index is 6.46. The molecule has 3 aromatic carbocycles. The van der Waals surface area contributed by atoms with Crippen LogP contribution >= 0.6 is 7.26 Å². The van der Waals surface area contributed by atoms with E-state index in [9.17, 15) is 0 Å². The van der Waals surface area contributed by atoms with Gasteiger partial charge in [0.2, 0.25) is 0 Å². The van der Waals surface area contributed by atoms with Crippen molar-refractivity contribution in [3.05, 3.63) is 91.0 Å². The van der Waals surface area contributed by atoms with Crippen LogP contribution in [0.15, 0.2) is 91.0 Å². The van der Waals surface area contributed by atoms with Crippen molar-refractivity contribution in [2.75, 3.05) is 13.2 Å². The number of rotatable bonds is 10. The zero-order chi connectivity index (χ0) is 25.0. The summed E-state index contributed by atoms with van der Waals surface area (Å²) >= 11 is 0. The van der Waals surface area contributed by atoms with Crippen LogP contribution in [0, 0.1) is 5.41 Å². The predicted octanol–water partition coefficient (Wildman–Crippen LogP) is 2.48. The molecule has 7 N–H and O–H groups in total. The number of nitrogens with two attached hydrogens (primary N) is 3. The van der Waals surface area contributed by atoms with Crippen molar-refractivity contribution in [1.82, 2.24) is 10.2 Å². The summed E-state index contributed by atoms with van der Waals surface area (Å²) in [6, 6.07) is 33.1. The molecule has 0 amide bonds. The van der Waals surface area contributed by atoms with E-state index < -0.39 is 19.8 Å². The summed E-state index contributed by atoms with van der Waals surface area (Å²) in [5.41, 5.74) is 17.8. The zero-order valence-electron chi connectivity index (χ0n) is 21.2. The normalized spacial score (nSPS) is 14.4. The molecule has 5 nitrogen and oxygen atoms in total. The molecule has 6 heteroatoms. The number of benzene rings is 3. The van der Waals surface area contributed by atoms with Gasteiger partial charge in [-0.3, -0.25) is 0 Å². The Morgan fingerprint density at radius 3 is 1.38 bits per heavy atom. The quantitative estimate of drug-likeness (QED) is 0.265. The van der Waals surface area contributed by atoms with E-state index in [-0.39, 0.29) is 11.0 Å². The van der Waals surface area contributed by atoms with Gasteiger partial charge in [0.05, 0.1) is 0 Å². The maximum atomic E-state index is 6.46. The van der Waals surface area contributed by atoms with Gasteiger partial charge in [-0.15, -0.1) is 0 Å². The summed E-state index contributed by atoms with van der Waals surface area (Å²) in [6.45, 7) is 9.13. The average Bonchev–Trinajstić information content (AvgIpc) is 2.83. The number of hydrogen-bond donors (Lipinski definition) is 4. The SMILES string of the molecule is CN(C(N)N)C(N)NC(C)(C)C(C)(C)C[PH](c1ccccc1)(c1ccccc1)c1ccccc1. The van der Waals surface area contributed by atoms with Gasteiger partial charge < -0.3 is 0 Å². The van der Waals surface area contributed by atoms with E-state index in [1.807, 2.05) is 7.05 Å².